The maximum absolute atomic E-state index is 12.8. The van der Waals surface area contributed by atoms with Crippen LogP contribution in [0, 0.1) is 0 Å². The lowest BCUT2D eigenvalue weighted by Crippen LogP contribution is -2.28. The maximum Gasteiger partial charge on any atom is 0.343 e. The van der Waals surface area contributed by atoms with Crippen molar-refractivity contribution >= 4 is 54.3 Å². The molecule has 1 fully saturated rings. The van der Waals surface area contributed by atoms with Gasteiger partial charge in [-0.15, -0.1) is 0 Å². The first kappa shape index (κ1) is 20.3. The van der Waals surface area contributed by atoms with Gasteiger partial charge in [0.25, 0.3) is 0 Å². The zero-order valence-corrected chi connectivity index (χ0v) is 18.4. The third-order valence-electron chi connectivity index (χ3n) is 4.83. The molecule has 1 aliphatic rings. The van der Waals surface area contributed by atoms with E-state index in [0.717, 1.165) is 28.1 Å². The van der Waals surface area contributed by atoms with Gasteiger partial charge in [0.05, 0.1) is 10.6 Å². The number of sulfonamides is 1. The van der Waals surface area contributed by atoms with Crippen LogP contribution in [0.3, 0.4) is 0 Å². The molecule has 0 aliphatic carbocycles. The standard InChI is InChI=1S/C21H17BrClNO4S/c22-17-6-3-15-12-18(7-4-14(15)11-17)28-21(25)16-5-8-19(23)20(13-16)29(26,27)24-9-1-2-10-24/h3-8,11-13H,1-2,9-10H2. The number of ether oxygens (including phenoxy) is 1. The molecule has 3 aromatic rings. The van der Waals surface area contributed by atoms with Crippen molar-refractivity contribution in [3.05, 3.63) is 69.7 Å². The van der Waals surface area contributed by atoms with Crippen molar-refractivity contribution in [2.45, 2.75) is 17.7 Å². The van der Waals surface area contributed by atoms with Gasteiger partial charge in [0.1, 0.15) is 10.6 Å². The molecule has 29 heavy (non-hydrogen) atoms. The van der Waals surface area contributed by atoms with Crippen LogP contribution in [0.5, 0.6) is 5.75 Å². The van der Waals surface area contributed by atoms with Crippen molar-refractivity contribution in [1.29, 1.82) is 0 Å². The Labute approximate surface area is 182 Å². The zero-order valence-electron chi connectivity index (χ0n) is 15.3. The summed E-state index contributed by atoms with van der Waals surface area (Å²) in [4.78, 5) is 12.6. The first-order valence-corrected chi connectivity index (χ1v) is 11.7. The smallest absolute Gasteiger partial charge is 0.343 e. The summed E-state index contributed by atoms with van der Waals surface area (Å²) in [7, 11) is -3.74. The van der Waals surface area contributed by atoms with Crippen molar-refractivity contribution in [3.63, 3.8) is 0 Å². The second kappa shape index (κ2) is 8.07. The van der Waals surface area contributed by atoms with Gasteiger partial charge in [0, 0.05) is 17.6 Å². The second-order valence-electron chi connectivity index (χ2n) is 6.80. The Morgan fingerprint density at radius 3 is 2.41 bits per heavy atom. The van der Waals surface area contributed by atoms with Gasteiger partial charge in [-0.3, -0.25) is 0 Å². The molecule has 0 amide bonds. The Bertz CT molecular complexity index is 1210. The van der Waals surface area contributed by atoms with Gasteiger partial charge < -0.3 is 4.74 Å². The minimum Gasteiger partial charge on any atom is -0.423 e. The molecular formula is C21H17BrClNO4S. The summed E-state index contributed by atoms with van der Waals surface area (Å²) in [6.07, 6.45) is 1.63. The summed E-state index contributed by atoms with van der Waals surface area (Å²) < 4.78 is 33.5. The second-order valence-corrected chi connectivity index (χ2v) is 10.0. The molecule has 0 saturated carbocycles. The fourth-order valence-corrected chi connectivity index (χ4v) is 5.72. The number of benzene rings is 3. The molecule has 3 aromatic carbocycles. The number of fused-ring (bicyclic) bond motifs is 1. The SMILES string of the molecule is O=C(Oc1ccc2cc(Br)ccc2c1)c1ccc(Cl)c(S(=O)(=O)N2CCCC2)c1. The van der Waals surface area contributed by atoms with Crippen LogP contribution >= 0.6 is 27.5 Å². The first-order chi connectivity index (χ1) is 13.8. The fourth-order valence-electron chi connectivity index (χ4n) is 3.32. The number of hydrogen-bond acceptors (Lipinski definition) is 4. The highest BCUT2D eigenvalue weighted by atomic mass is 79.9. The lowest BCUT2D eigenvalue weighted by molar-refractivity contribution is 0.0734. The van der Waals surface area contributed by atoms with Crippen LogP contribution in [0.15, 0.2) is 64.0 Å². The van der Waals surface area contributed by atoms with E-state index < -0.39 is 16.0 Å². The molecule has 1 aliphatic heterocycles. The molecule has 0 unspecified atom stereocenters. The normalized spacial score (nSPS) is 15.0. The monoisotopic (exact) mass is 493 g/mol. The largest absolute Gasteiger partial charge is 0.423 e. The van der Waals surface area contributed by atoms with Crippen LogP contribution in [0.25, 0.3) is 10.8 Å². The van der Waals surface area contributed by atoms with Gasteiger partial charge in [-0.1, -0.05) is 39.7 Å². The van der Waals surface area contributed by atoms with Crippen molar-refractivity contribution < 1.29 is 17.9 Å². The van der Waals surface area contributed by atoms with Crippen molar-refractivity contribution in [2.75, 3.05) is 13.1 Å². The van der Waals surface area contributed by atoms with E-state index in [4.69, 9.17) is 16.3 Å². The van der Waals surface area contributed by atoms with Crippen molar-refractivity contribution in [3.8, 4) is 5.75 Å². The van der Waals surface area contributed by atoms with Crippen molar-refractivity contribution in [1.82, 2.24) is 4.31 Å². The lowest BCUT2D eigenvalue weighted by atomic mass is 10.1. The van der Waals surface area contributed by atoms with E-state index in [1.807, 2.05) is 24.3 Å². The maximum atomic E-state index is 12.8. The van der Waals surface area contributed by atoms with E-state index in [0.29, 0.717) is 18.8 Å². The summed E-state index contributed by atoms with van der Waals surface area (Å²) in [6.45, 7) is 0.918. The predicted octanol–water partition coefficient (Wildman–Crippen LogP) is 5.26. The van der Waals surface area contributed by atoms with Crippen LogP contribution in [0.1, 0.15) is 23.2 Å². The molecule has 0 radical (unpaired) electrons. The van der Waals surface area contributed by atoms with Crippen LogP contribution in [-0.2, 0) is 10.0 Å². The molecule has 1 heterocycles. The summed E-state index contributed by atoms with van der Waals surface area (Å²) in [5, 5.41) is 2.02. The van der Waals surface area contributed by atoms with Gasteiger partial charge in [-0.25, -0.2) is 13.2 Å². The topological polar surface area (TPSA) is 63.7 Å². The third kappa shape index (κ3) is 4.19. The first-order valence-electron chi connectivity index (χ1n) is 9.06. The molecule has 4 rings (SSSR count). The summed E-state index contributed by atoms with van der Waals surface area (Å²) in [5.41, 5.74) is 0.128. The number of rotatable bonds is 4. The van der Waals surface area contributed by atoms with Gasteiger partial charge in [0.15, 0.2) is 0 Å². The highest BCUT2D eigenvalue weighted by molar-refractivity contribution is 9.10. The van der Waals surface area contributed by atoms with Gasteiger partial charge >= 0.3 is 5.97 Å². The summed E-state index contributed by atoms with van der Waals surface area (Å²) in [6, 6.07) is 15.3. The van der Waals surface area contributed by atoms with Crippen LogP contribution in [0.2, 0.25) is 5.02 Å². The quantitative estimate of drug-likeness (QED) is 0.367. The minimum absolute atomic E-state index is 0.0705. The number of nitrogens with zero attached hydrogens (tertiary/aromatic N) is 1. The van der Waals surface area contributed by atoms with E-state index in [1.165, 1.54) is 22.5 Å². The van der Waals surface area contributed by atoms with E-state index in [1.54, 1.807) is 12.1 Å². The molecular weight excluding hydrogens is 478 g/mol. The molecule has 1 saturated heterocycles. The molecule has 5 nitrogen and oxygen atoms in total. The Morgan fingerprint density at radius 2 is 1.66 bits per heavy atom. The Hall–Kier alpha value is -1.93. The number of carbonyl (C=O) groups excluding carboxylic acids is 1. The zero-order chi connectivity index (χ0) is 20.6. The van der Waals surface area contributed by atoms with Gasteiger partial charge in [0.2, 0.25) is 10.0 Å². The molecule has 8 heteroatoms. The Balaban J connectivity index is 1.61. The summed E-state index contributed by atoms with van der Waals surface area (Å²) in [5.74, 6) is -0.264. The molecule has 0 bridgehead atoms. The fraction of sp³-hybridized carbons (Fsp3) is 0.190. The number of esters is 1. The van der Waals surface area contributed by atoms with E-state index in [2.05, 4.69) is 15.9 Å². The predicted molar refractivity (Wildman–Crippen MR) is 116 cm³/mol. The van der Waals surface area contributed by atoms with E-state index in [-0.39, 0.29) is 15.5 Å². The number of hydrogen-bond donors (Lipinski definition) is 0. The molecule has 150 valence electrons. The van der Waals surface area contributed by atoms with Gasteiger partial charge in [-0.05, 0) is 66.1 Å². The van der Waals surface area contributed by atoms with Crippen LogP contribution in [0.4, 0.5) is 0 Å². The molecule has 0 atom stereocenters. The highest BCUT2D eigenvalue weighted by Crippen LogP contribution is 2.29. The third-order valence-corrected chi connectivity index (χ3v) is 7.71. The van der Waals surface area contributed by atoms with Gasteiger partial charge in [-0.2, -0.15) is 4.31 Å². The molecule has 0 spiro atoms. The number of halogens is 2. The molecule has 0 aromatic heterocycles. The average molecular weight is 495 g/mol. The highest BCUT2D eigenvalue weighted by Gasteiger charge is 2.30. The number of carbonyl (C=O) groups is 1. The average Bonchev–Trinajstić information content (AvgIpc) is 3.24. The molecule has 0 N–H and O–H groups in total. The Morgan fingerprint density at radius 1 is 0.966 bits per heavy atom. The van der Waals surface area contributed by atoms with Crippen LogP contribution in [-0.4, -0.2) is 31.8 Å². The summed E-state index contributed by atoms with van der Waals surface area (Å²) >= 11 is 9.57. The van der Waals surface area contributed by atoms with E-state index in [9.17, 15) is 13.2 Å². The van der Waals surface area contributed by atoms with E-state index >= 15 is 0 Å². The lowest BCUT2D eigenvalue weighted by Gasteiger charge is -2.17. The van der Waals surface area contributed by atoms with Crippen molar-refractivity contribution in [2.24, 2.45) is 0 Å². The Kier molecular flexibility index (Phi) is 5.66. The minimum atomic E-state index is -3.74. The van der Waals surface area contributed by atoms with Crippen LogP contribution < -0.4 is 4.74 Å².